The van der Waals surface area contributed by atoms with Crippen molar-refractivity contribution in [3.8, 4) is 22.8 Å². The maximum absolute atomic E-state index is 12.1. The Morgan fingerprint density at radius 1 is 1.07 bits per heavy atom. The molecule has 3 heterocycles. The van der Waals surface area contributed by atoms with Crippen LogP contribution in [0.1, 0.15) is 22.5 Å². The number of nitrogens with one attached hydrogen (secondary N) is 1. The number of anilines is 1. The van der Waals surface area contributed by atoms with E-state index in [1.807, 2.05) is 35.0 Å². The Kier molecular flexibility index (Phi) is 5.17. The van der Waals surface area contributed by atoms with Gasteiger partial charge in [0.15, 0.2) is 22.4 Å². The zero-order valence-corrected chi connectivity index (χ0v) is 15.9. The van der Waals surface area contributed by atoms with Crippen LogP contribution in [0.2, 0.25) is 0 Å². The Bertz CT molecular complexity index is 966. The number of thiazole rings is 1. The number of Topliss-reactive ketones (excluding diaryl/α,β-unsaturated/α-hetero) is 1. The number of benzene rings is 1. The van der Waals surface area contributed by atoms with Gasteiger partial charge >= 0.3 is 0 Å². The van der Waals surface area contributed by atoms with E-state index in [4.69, 9.17) is 9.47 Å². The molecule has 0 radical (unpaired) electrons. The van der Waals surface area contributed by atoms with Gasteiger partial charge in [0.1, 0.15) is 13.2 Å². The summed E-state index contributed by atoms with van der Waals surface area (Å²) in [4.78, 5) is 29.2. The monoisotopic (exact) mass is 400 g/mol. The fourth-order valence-electron chi connectivity index (χ4n) is 2.64. The molecule has 1 amide bonds. The van der Waals surface area contributed by atoms with E-state index < -0.39 is 0 Å². The van der Waals surface area contributed by atoms with Crippen molar-refractivity contribution in [2.45, 2.75) is 12.8 Å². The first-order valence-corrected chi connectivity index (χ1v) is 10.2. The van der Waals surface area contributed by atoms with Gasteiger partial charge in [-0.3, -0.25) is 9.59 Å². The van der Waals surface area contributed by atoms with Crippen molar-refractivity contribution >= 4 is 39.5 Å². The van der Waals surface area contributed by atoms with Crippen molar-refractivity contribution in [3.05, 3.63) is 46.0 Å². The molecule has 0 spiro atoms. The molecule has 138 valence electrons. The lowest BCUT2D eigenvalue weighted by Crippen LogP contribution is -2.15. The minimum atomic E-state index is -0.219. The highest BCUT2D eigenvalue weighted by Crippen LogP contribution is 2.35. The van der Waals surface area contributed by atoms with Crippen LogP contribution in [0, 0.1) is 0 Å². The average molecular weight is 400 g/mol. The van der Waals surface area contributed by atoms with Crippen molar-refractivity contribution in [1.82, 2.24) is 4.98 Å². The highest BCUT2D eigenvalue weighted by molar-refractivity contribution is 7.14. The molecule has 0 fully saturated rings. The zero-order chi connectivity index (χ0) is 18.6. The first kappa shape index (κ1) is 17.7. The topological polar surface area (TPSA) is 77.5 Å². The maximum atomic E-state index is 12.1. The smallest absolute Gasteiger partial charge is 0.226 e. The molecule has 1 N–H and O–H groups in total. The average Bonchev–Trinajstić information content (AvgIpc) is 3.38. The molecule has 0 saturated carbocycles. The molecule has 1 aromatic carbocycles. The number of fused-ring (bicyclic) bond motifs is 1. The molecule has 0 unspecified atom stereocenters. The number of ether oxygens (including phenoxy) is 2. The van der Waals surface area contributed by atoms with Gasteiger partial charge < -0.3 is 14.8 Å². The van der Waals surface area contributed by atoms with Crippen LogP contribution in [0.5, 0.6) is 11.5 Å². The van der Waals surface area contributed by atoms with Crippen LogP contribution in [-0.2, 0) is 4.79 Å². The summed E-state index contributed by atoms with van der Waals surface area (Å²) in [6.45, 7) is 1.08. The number of thiophene rings is 1. The van der Waals surface area contributed by atoms with E-state index in [0.29, 0.717) is 29.0 Å². The molecule has 0 saturated heterocycles. The number of nitrogens with zero attached hydrogens (tertiary/aromatic N) is 1. The molecule has 27 heavy (non-hydrogen) atoms. The molecular formula is C19H16N2O4S2. The van der Waals surface area contributed by atoms with Gasteiger partial charge in [-0.05, 0) is 29.6 Å². The number of carbonyl (C=O) groups excluding carboxylic acids is 2. The summed E-state index contributed by atoms with van der Waals surface area (Å²) >= 11 is 2.73. The SMILES string of the molecule is O=C(CCC(=O)c1cccs1)Nc1nc(-c2ccc3c(c2)OCCO3)cs1. The molecule has 8 heteroatoms. The van der Waals surface area contributed by atoms with E-state index >= 15 is 0 Å². The highest BCUT2D eigenvalue weighted by Gasteiger charge is 2.15. The molecule has 4 rings (SSSR count). The Balaban J connectivity index is 1.36. The van der Waals surface area contributed by atoms with Crippen LogP contribution in [0.4, 0.5) is 5.13 Å². The van der Waals surface area contributed by atoms with E-state index in [0.717, 1.165) is 17.0 Å². The lowest BCUT2D eigenvalue weighted by molar-refractivity contribution is -0.116. The van der Waals surface area contributed by atoms with E-state index in [-0.39, 0.29) is 24.5 Å². The lowest BCUT2D eigenvalue weighted by Gasteiger charge is -2.18. The predicted octanol–water partition coefficient (Wildman–Crippen LogP) is 4.24. The van der Waals surface area contributed by atoms with Crippen molar-refractivity contribution < 1.29 is 19.1 Å². The van der Waals surface area contributed by atoms with E-state index in [1.54, 1.807) is 6.07 Å². The van der Waals surface area contributed by atoms with Crippen LogP contribution in [0.15, 0.2) is 41.1 Å². The normalized spacial score (nSPS) is 12.6. The molecule has 1 aliphatic heterocycles. The number of amides is 1. The molecule has 1 aliphatic rings. The van der Waals surface area contributed by atoms with Crippen molar-refractivity contribution in [2.24, 2.45) is 0 Å². The Labute approximate surface area is 163 Å². The van der Waals surface area contributed by atoms with E-state index in [2.05, 4.69) is 10.3 Å². The van der Waals surface area contributed by atoms with E-state index in [1.165, 1.54) is 22.7 Å². The summed E-state index contributed by atoms with van der Waals surface area (Å²) in [5.74, 6) is 1.19. The molecule has 0 bridgehead atoms. The number of rotatable bonds is 6. The number of aromatic nitrogens is 1. The third-order valence-corrected chi connectivity index (χ3v) is 5.63. The largest absolute Gasteiger partial charge is 0.486 e. The second-order valence-electron chi connectivity index (χ2n) is 5.84. The molecule has 0 atom stereocenters. The Morgan fingerprint density at radius 3 is 2.74 bits per heavy atom. The second kappa shape index (κ2) is 7.89. The first-order chi connectivity index (χ1) is 13.2. The summed E-state index contributed by atoms with van der Waals surface area (Å²) in [5.41, 5.74) is 1.64. The third-order valence-electron chi connectivity index (χ3n) is 3.96. The standard InChI is InChI=1S/C19H16N2O4S2/c22-14(17-2-1-9-26-17)4-6-18(23)21-19-20-13(11-27-19)12-3-5-15-16(10-12)25-8-7-24-15/h1-3,5,9-11H,4,6-8H2,(H,20,21,23). The Morgan fingerprint density at radius 2 is 1.93 bits per heavy atom. The van der Waals surface area contributed by atoms with Gasteiger partial charge in [-0.25, -0.2) is 4.98 Å². The van der Waals surface area contributed by atoms with Gasteiger partial charge in [0, 0.05) is 23.8 Å². The molecule has 6 nitrogen and oxygen atoms in total. The van der Waals surface area contributed by atoms with Gasteiger partial charge in [-0.15, -0.1) is 22.7 Å². The quantitative estimate of drug-likeness (QED) is 0.626. The summed E-state index contributed by atoms with van der Waals surface area (Å²) < 4.78 is 11.1. The molecule has 0 aliphatic carbocycles. The first-order valence-electron chi connectivity index (χ1n) is 8.41. The molecule has 2 aromatic heterocycles. The molecule has 3 aromatic rings. The van der Waals surface area contributed by atoms with Crippen LogP contribution >= 0.6 is 22.7 Å². The summed E-state index contributed by atoms with van der Waals surface area (Å²) in [6, 6.07) is 9.25. The number of hydrogen-bond acceptors (Lipinski definition) is 7. The highest BCUT2D eigenvalue weighted by atomic mass is 32.1. The van der Waals surface area contributed by atoms with E-state index in [9.17, 15) is 9.59 Å². The maximum Gasteiger partial charge on any atom is 0.226 e. The fourth-order valence-corrected chi connectivity index (χ4v) is 4.07. The van der Waals surface area contributed by atoms with Crippen LogP contribution < -0.4 is 14.8 Å². The van der Waals surface area contributed by atoms with Crippen molar-refractivity contribution in [2.75, 3.05) is 18.5 Å². The van der Waals surface area contributed by atoms with Gasteiger partial charge in [0.25, 0.3) is 0 Å². The number of hydrogen-bond donors (Lipinski definition) is 1. The number of ketones is 1. The van der Waals surface area contributed by atoms with Gasteiger partial charge in [0.2, 0.25) is 5.91 Å². The minimum absolute atomic E-state index is 0.0174. The Hall–Kier alpha value is -2.71. The summed E-state index contributed by atoms with van der Waals surface area (Å²) in [5, 5.41) is 6.99. The van der Waals surface area contributed by atoms with Crippen LogP contribution in [0.25, 0.3) is 11.3 Å². The lowest BCUT2D eigenvalue weighted by atomic mass is 10.1. The second-order valence-corrected chi connectivity index (χ2v) is 7.65. The molecular weight excluding hydrogens is 384 g/mol. The fraction of sp³-hybridized carbons (Fsp3) is 0.211. The third kappa shape index (κ3) is 4.17. The van der Waals surface area contributed by atoms with Gasteiger partial charge in [0.05, 0.1) is 10.6 Å². The predicted molar refractivity (Wildman–Crippen MR) is 105 cm³/mol. The van der Waals surface area contributed by atoms with Crippen molar-refractivity contribution in [3.63, 3.8) is 0 Å². The zero-order valence-electron chi connectivity index (χ0n) is 14.3. The minimum Gasteiger partial charge on any atom is -0.486 e. The summed E-state index contributed by atoms with van der Waals surface area (Å²) in [7, 11) is 0. The van der Waals surface area contributed by atoms with Crippen LogP contribution in [0.3, 0.4) is 0 Å². The van der Waals surface area contributed by atoms with Gasteiger partial charge in [-0.2, -0.15) is 0 Å². The van der Waals surface area contributed by atoms with Crippen molar-refractivity contribution in [1.29, 1.82) is 0 Å². The van der Waals surface area contributed by atoms with Crippen LogP contribution in [-0.4, -0.2) is 29.9 Å². The van der Waals surface area contributed by atoms with Gasteiger partial charge in [-0.1, -0.05) is 6.07 Å². The summed E-state index contributed by atoms with van der Waals surface area (Å²) in [6.07, 6.45) is 0.322. The number of carbonyl (C=O) groups is 2.